The van der Waals surface area contributed by atoms with Crippen molar-refractivity contribution in [3.8, 4) is 0 Å². The van der Waals surface area contributed by atoms with Gasteiger partial charge in [-0.25, -0.2) is 4.98 Å². The Balaban J connectivity index is 1.65. The van der Waals surface area contributed by atoms with Crippen molar-refractivity contribution >= 4 is 11.3 Å². The van der Waals surface area contributed by atoms with Crippen molar-refractivity contribution in [2.45, 2.75) is 25.8 Å². The molecule has 1 fully saturated rings. The smallest absolute Gasteiger partial charge is 0.0795 e. The van der Waals surface area contributed by atoms with Crippen molar-refractivity contribution in [3.05, 3.63) is 16.6 Å². The lowest BCUT2D eigenvalue weighted by Gasteiger charge is -2.25. The van der Waals surface area contributed by atoms with E-state index in [1.54, 1.807) is 11.3 Å². The lowest BCUT2D eigenvalue weighted by molar-refractivity contribution is 0.266. The molecule has 1 aromatic rings. The van der Waals surface area contributed by atoms with Gasteiger partial charge in [-0.05, 0) is 51.9 Å². The second-order valence-electron chi connectivity index (χ2n) is 4.72. The molecule has 16 heavy (non-hydrogen) atoms. The number of hydrogen-bond acceptors (Lipinski definition) is 4. The van der Waals surface area contributed by atoms with E-state index in [2.05, 4.69) is 27.6 Å². The first-order chi connectivity index (χ1) is 7.84. The van der Waals surface area contributed by atoms with Crippen LogP contribution in [0.15, 0.2) is 10.9 Å². The van der Waals surface area contributed by atoms with Gasteiger partial charge in [0.05, 0.1) is 11.2 Å². The predicted molar refractivity (Wildman–Crippen MR) is 68.7 cm³/mol. The third-order valence-corrected chi connectivity index (χ3v) is 3.87. The van der Waals surface area contributed by atoms with Crippen molar-refractivity contribution in [2.24, 2.45) is 5.92 Å². The van der Waals surface area contributed by atoms with Crippen molar-refractivity contribution in [1.82, 2.24) is 15.2 Å². The molecule has 0 amide bonds. The largest absolute Gasteiger partial charge is 0.316 e. The molecule has 0 aromatic carbocycles. The first kappa shape index (κ1) is 12.0. The molecule has 1 N–H and O–H groups in total. The molecule has 4 heteroatoms. The summed E-state index contributed by atoms with van der Waals surface area (Å²) in [6, 6.07) is 0. The molecule has 1 unspecified atom stereocenters. The van der Waals surface area contributed by atoms with Crippen LogP contribution in [-0.2, 0) is 6.54 Å². The molecule has 0 saturated carbocycles. The van der Waals surface area contributed by atoms with Gasteiger partial charge in [-0.1, -0.05) is 0 Å². The van der Waals surface area contributed by atoms with Gasteiger partial charge in [-0.3, -0.25) is 0 Å². The molecule has 0 spiro atoms. The monoisotopic (exact) mass is 239 g/mol. The standard InChI is InChI=1S/C12H21N3S/c1-15(8-12-9-16-10-14-12)6-4-11-3-2-5-13-7-11/h9-11,13H,2-8H2,1H3. The van der Waals surface area contributed by atoms with Gasteiger partial charge in [-0.15, -0.1) is 11.3 Å². The lowest BCUT2D eigenvalue weighted by Crippen LogP contribution is -2.32. The zero-order valence-corrected chi connectivity index (χ0v) is 10.8. The second-order valence-corrected chi connectivity index (χ2v) is 5.44. The summed E-state index contributed by atoms with van der Waals surface area (Å²) in [4.78, 5) is 6.69. The summed E-state index contributed by atoms with van der Waals surface area (Å²) in [5.41, 5.74) is 3.11. The Hall–Kier alpha value is -0.450. The molecule has 1 atom stereocenters. The van der Waals surface area contributed by atoms with Crippen LogP contribution in [0.25, 0.3) is 0 Å². The maximum absolute atomic E-state index is 4.32. The fourth-order valence-corrected chi connectivity index (χ4v) is 2.79. The summed E-state index contributed by atoms with van der Waals surface area (Å²) in [6.07, 6.45) is 4.06. The van der Waals surface area contributed by atoms with Crippen LogP contribution in [0, 0.1) is 5.92 Å². The molecule has 2 rings (SSSR count). The summed E-state index contributed by atoms with van der Waals surface area (Å²) in [6.45, 7) is 4.60. The highest BCUT2D eigenvalue weighted by Crippen LogP contribution is 2.14. The van der Waals surface area contributed by atoms with E-state index in [1.165, 1.54) is 44.6 Å². The third kappa shape index (κ3) is 3.85. The first-order valence-corrected chi connectivity index (χ1v) is 7.05. The number of hydrogen-bond donors (Lipinski definition) is 1. The fourth-order valence-electron chi connectivity index (χ4n) is 2.24. The van der Waals surface area contributed by atoms with Gasteiger partial charge in [0.2, 0.25) is 0 Å². The van der Waals surface area contributed by atoms with Crippen LogP contribution in [0.2, 0.25) is 0 Å². The highest BCUT2D eigenvalue weighted by atomic mass is 32.1. The number of rotatable bonds is 5. The summed E-state index contributed by atoms with van der Waals surface area (Å²) in [5, 5.41) is 5.61. The Bertz CT molecular complexity index is 280. The van der Waals surface area contributed by atoms with Crippen LogP contribution in [0.4, 0.5) is 0 Å². The Morgan fingerprint density at radius 1 is 1.62 bits per heavy atom. The van der Waals surface area contributed by atoms with Gasteiger partial charge in [0.15, 0.2) is 0 Å². The van der Waals surface area contributed by atoms with E-state index in [0.29, 0.717) is 0 Å². The molecule has 2 heterocycles. The molecular formula is C12H21N3S. The number of aromatic nitrogens is 1. The van der Waals surface area contributed by atoms with E-state index in [9.17, 15) is 0 Å². The molecule has 0 bridgehead atoms. The molecule has 1 aliphatic heterocycles. The van der Waals surface area contributed by atoms with Crippen molar-refractivity contribution < 1.29 is 0 Å². The summed E-state index contributed by atoms with van der Waals surface area (Å²) in [7, 11) is 2.19. The van der Waals surface area contributed by atoms with E-state index in [-0.39, 0.29) is 0 Å². The first-order valence-electron chi connectivity index (χ1n) is 6.11. The zero-order chi connectivity index (χ0) is 11.2. The van der Waals surface area contributed by atoms with Gasteiger partial charge in [0.1, 0.15) is 0 Å². The Kier molecular flexibility index (Phi) is 4.75. The summed E-state index contributed by atoms with van der Waals surface area (Å²) < 4.78 is 0. The Morgan fingerprint density at radius 2 is 2.56 bits per heavy atom. The van der Waals surface area contributed by atoms with Gasteiger partial charge in [0, 0.05) is 11.9 Å². The highest BCUT2D eigenvalue weighted by molar-refractivity contribution is 7.07. The van der Waals surface area contributed by atoms with Crippen LogP contribution in [0.1, 0.15) is 25.0 Å². The van der Waals surface area contributed by atoms with Gasteiger partial charge < -0.3 is 10.2 Å². The van der Waals surface area contributed by atoms with E-state index in [4.69, 9.17) is 0 Å². The maximum atomic E-state index is 4.32. The molecule has 1 aliphatic rings. The quantitative estimate of drug-likeness (QED) is 0.851. The number of nitrogens with one attached hydrogen (secondary N) is 1. The zero-order valence-electron chi connectivity index (χ0n) is 9.98. The predicted octanol–water partition coefficient (Wildman–Crippen LogP) is 1.96. The maximum Gasteiger partial charge on any atom is 0.0795 e. The number of piperidine rings is 1. The normalized spacial score (nSPS) is 21.5. The van der Waals surface area contributed by atoms with Crippen LogP contribution in [0.5, 0.6) is 0 Å². The lowest BCUT2D eigenvalue weighted by atomic mass is 9.96. The average Bonchev–Trinajstić information content (AvgIpc) is 2.81. The minimum absolute atomic E-state index is 0.881. The fraction of sp³-hybridized carbons (Fsp3) is 0.750. The highest BCUT2D eigenvalue weighted by Gasteiger charge is 2.13. The summed E-state index contributed by atoms with van der Waals surface area (Å²) >= 11 is 1.68. The van der Waals surface area contributed by atoms with Crippen LogP contribution >= 0.6 is 11.3 Å². The molecule has 1 aromatic heterocycles. The van der Waals surface area contributed by atoms with E-state index in [1.807, 2.05) is 5.51 Å². The second kappa shape index (κ2) is 6.33. The molecule has 3 nitrogen and oxygen atoms in total. The van der Waals surface area contributed by atoms with Crippen LogP contribution < -0.4 is 5.32 Å². The number of nitrogens with zero attached hydrogens (tertiary/aromatic N) is 2. The van der Waals surface area contributed by atoms with Crippen molar-refractivity contribution in [2.75, 3.05) is 26.7 Å². The molecular weight excluding hydrogens is 218 g/mol. The Morgan fingerprint density at radius 3 is 3.25 bits per heavy atom. The van der Waals surface area contributed by atoms with Crippen LogP contribution in [-0.4, -0.2) is 36.6 Å². The van der Waals surface area contributed by atoms with Crippen molar-refractivity contribution in [1.29, 1.82) is 0 Å². The third-order valence-electron chi connectivity index (χ3n) is 3.23. The minimum Gasteiger partial charge on any atom is -0.316 e. The minimum atomic E-state index is 0.881. The van der Waals surface area contributed by atoms with E-state index in [0.717, 1.165) is 12.5 Å². The Labute approximate surface area is 102 Å². The van der Waals surface area contributed by atoms with Gasteiger partial charge in [0.25, 0.3) is 0 Å². The summed E-state index contributed by atoms with van der Waals surface area (Å²) in [5.74, 6) is 0.881. The average molecular weight is 239 g/mol. The number of thiazole rings is 1. The van der Waals surface area contributed by atoms with Gasteiger partial charge >= 0.3 is 0 Å². The van der Waals surface area contributed by atoms with E-state index >= 15 is 0 Å². The molecule has 90 valence electrons. The van der Waals surface area contributed by atoms with Crippen molar-refractivity contribution in [3.63, 3.8) is 0 Å². The van der Waals surface area contributed by atoms with Gasteiger partial charge in [-0.2, -0.15) is 0 Å². The molecule has 1 saturated heterocycles. The topological polar surface area (TPSA) is 28.2 Å². The SMILES string of the molecule is CN(CCC1CCCNC1)Cc1cscn1. The molecule has 0 aliphatic carbocycles. The molecule has 0 radical (unpaired) electrons. The van der Waals surface area contributed by atoms with Crippen LogP contribution in [0.3, 0.4) is 0 Å². The van der Waals surface area contributed by atoms with E-state index < -0.39 is 0 Å².